The van der Waals surface area contributed by atoms with Crippen LogP contribution in [0.4, 0.5) is 13.2 Å². The van der Waals surface area contributed by atoms with Gasteiger partial charge in [0.05, 0.1) is 12.5 Å². The van der Waals surface area contributed by atoms with Gasteiger partial charge in [-0.15, -0.1) is 0 Å². The van der Waals surface area contributed by atoms with Crippen molar-refractivity contribution in [2.75, 3.05) is 0 Å². The first kappa shape index (κ1) is 17.8. The van der Waals surface area contributed by atoms with Crippen LogP contribution in [-0.4, -0.2) is 24.9 Å². The minimum Gasteiger partial charge on any atom is -0.711 e. The molecule has 0 amide bonds. The first-order valence-electron chi connectivity index (χ1n) is 7.56. The highest BCUT2D eigenvalue weighted by Crippen LogP contribution is 2.39. The van der Waals surface area contributed by atoms with Crippen molar-refractivity contribution in [2.24, 2.45) is 0 Å². The van der Waals surface area contributed by atoms with E-state index < -0.39 is 29.0 Å². The summed E-state index contributed by atoms with van der Waals surface area (Å²) in [5.74, 6) is -3.89. The third-order valence-electron chi connectivity index (χ3n) is 4.19. The van der Waals surface area contributed by atoms with Gasteiger partial charge >= 0.3 is 0 Å². The molecule has 7 nitrogen and oxygen atoms in total. The van der Waals surface area contributed by atoms with Crippen molar-refractivity contribution in [1.82, 2.24) is 19.7 Å². The number of nitrogens with zero attached hydrogens (tertiary/aromatic N) is 5. The zero-order valence-corrected chi connectivity index (χ0v) is 13.6. The zero-order valence-electron chi connectivity index (χ0n) is 13.6. The van der Waals surface area contributed by atoms with Crippen LogP contribution in [0.25, 0.3) is 0 Å². The van der Waals surface area contributed by atoms with E-state index in [-0.39, 0.29) is 22.5 Å². The minimum atomic E-state index is -2.05. The predicted molar refractivity (Wildman–Crippen MR) is 81.8 cm³/mol. The molecular weight excluding hydrogens is 351 g/mol. The van der Waals surface area contributed by atoms with Crippen LogP contribution in [0, 0.1) is 22.7 Å². The smallest absolute Gasteiger partial charge is 0.289 e. The lowest BCUT2D eigenvalue weighted by Crippen LogP contribution is -2.39. The molecule has 1 N–H and O–H groups in total. The van der Waals surface area contributed by atoms with Gasteiger partial charge in [0.2, 0.25) is 5.82 Å². The number of aromatic nitrogens is 5. The second-order valence-corrected chi connectivity index (χ2v) is 5.83. The number of halogens is 3. The van der Waals surface area contributed by atoms with Gasteiger partial charge in [-0.2, -0.15) is 9.49 Å². The molecule has 2 heterocycles. The Morgan fingerprint density at radius 2 is 2.08 bits per heavy atom. The Morgan fingerprint density at radius 3 is 2.69 bits per heavy atom. The molecule has 2 atom stereocenters. The second kappa shape index (κ2) is 6.71. The second-order valence-electron chi connectivity index (χ2n) is 5.83. The van der Waals surface area contributed by atoms with Crippen molar-refractivity contribution in [3.8, 4) is 0 Å². The van der Waals surface area contributed by atoms with Crippen molar-refractivity contribution < 1.29 is 23.0 Å². The summed E-state index contributed by atoms with van der Waals surface area (Å²) < 4.78 is 43.3. The van der Waals surface area contributed by atoms with Crippen LogP contribution >= 0.6 is 0 Å². The summed E-state index contributed by atoms with van der Waals surface area (Å²) in [7, 11) is 0. The minimum absolute atomic E-state index is 0.167. The molecule has 0 bridgehead atoms. The van der Waals surface area contributed by atoms with E-state index >= 15 is 0 Å². The number of rotatable bonds is 5. The first-order valence-corrected chi connectivity index (χ1v) is 7.56. The Labute approximate surface area is 146 Å². The van der Waals surface area contributed by atoms with Gasteiger partial charge < -0.3 is 10.3 Å². The fourth-order valence-electron chi connectivity index (χ4n) is 2.79. The van der Waals surface area contributed by atoms with E-state index in [1.807, 2.05) is 0 Å². The SMILES string of the molecule is C[C@@H](c1nc[n+]([O-])cc1F)C(O)(Cn1cncn1)c1ccc(F)cc1F. The Bertz CT molecular complexity index is 922. The Balaban J connectivity index is 2.13. The molecule has 1 aromatic carbocycles. The van der Waals surface area contributed by atoms with Gasteiger partial charge in [0.1, 0.15) is 36.1 Å². The van der Waals surface area contributed by atoms with Crippen molar-refractivity contribution in [3.63, 3.8) is 0 Å². The molecule has 136 valence electrons. The Morgan fingerprint density at radius 1 is 1.31 bits per heavy atom. The Kier molecular flexibility index (Phi) is 4.60. The van der Waals surface area contributed by atoms with Crippen molar-refractivity contribution in [2.45, 2.75) is 25.0 Å². The summed E-state index contributed by atoms with van der Waals surface area (Å²) in [5, 5.41) is 26.3. The highest BCUT2D eigenvalue weighted by atomic mass is 19.1. The normalized spacial score (nSPS) is 14.8. The number of hydrogen-bond donors (Lipinski definition) is 1. The topological polar surface area (TPSA) is 90.8 Å². The standard InChI is InChI=1S/C16H14F3N5O2/c1-10(15-14(19)5-24(26)9-21-15)16(25,6-23-8-20-7-22-23)12-3-2-11(17)4-13(12)18/h2-5,7-10,25H,6H2,1H3/t10-,16?/m0/s1. The van der Waals surface area contributed by atoms with Gasteiger partial charge in [-0.05, 0) is 11.1 Å². The lowest BCUT2D eigenvalue weighted by atomic mass is 9.79. The highest BCUT2D eigenvalue weighted by molar-refractivity contribution is 5.29. The molecule has 0 fully saturated rings. The monoisotopic (exact) mass is 365 g/mol. The molecule has 1 unspecified atom stereocenters. The van der Waals surface area contributed by atoms with E-state index in [9.17, 15) is 23.5 Å². The van der Waals surface area contributed by atoms with Crippen LogP contribution in [0.3, 0.4) is 0 Å². The zero-order chi connectivity index (χ0) is 18.9. The summed E-state index contributed by atoms with van der Waals surface area (Å²) in [4.78, 5) is 7.47. The molecule has 0 saturated heterocycles. The number of benzene rings is 1. The van der Waals surface area contributed by atoms with Crippen LogP contribution in [0.1, 0.15) is 24.1 Å². The molecule has 0 saturated carbocycles. The molecule has 3 rings (SSSR count). The average molecular weight is 365 g/mol. The average Bonchev–Trinajstić information content (AvgIpc) is 3.06. The molecule has 3 aromatic rings. The van der Waals surface area contributed by atoms with Crippen LogP contribution < -0.4 is 4.73 Å². The third kappa shape index (κ3) is 3.23. The van der Waals surface area contributed by atoms with Crippen molar-refractivity contribution in [1.29, 1.82) is 0 Å². The fraction of sp³-hybridized carbons (Fsp3) is 0.250. The molecule has 2 aromatic heterocycles. The van der Waals surface area contributed by atoms with E-state index in [0.717, 1.165) is 18.5 Å². The summed E-state index contributed by atoms with van der Waals surface area (Å²) >= 11 is 0. The molecule has 0 aliphatic rings. The number of aliphatic hydroxyl groups is 1. The maximum atomic E-state index is 14.4. The third-order valence-corrected chi connectivity index (χ3v) is 4.19. The van der Waals surface area contributed by atoms with Gasteiger partial charge in [0.25, 0.3) is 6.33 Å². The van der Waals surface area contributed by atoms with Gasteiger partial charge in [0.15, 0.2) is 5.69 Å². The largest absolute Gasteiger partial charge is 0.711 e. The number of hydrogen-bond acceptors (Lipinski definition) is 5. The quantitative estimate of drug-likeness (QED) is 0.545. The lowest BCUT2D eigenvalue weighted by molar-refractivity contribution is -0.610. The van der Waals surface area contributed by atoms with Gasteiger partial charge in [-0.25, -0.2) is 23.2 Å². The maximum absolute atomic E-state index is 14.4. The summed E-state index contributed by atoms with van der Waals surface area (Å²) in [6.07, 6.45) is 3.98. The molecular formula is C16H14F3N5O2. The van der Waals surface area contributed by atoms with E-state index in [1.54, 1.807) is 0 Å². The predicted octanol–water partition coefficient (Wildman–Crippen LogP) is 1.42. The van der Waals surface area contributed by atoms with Crippen molar-refractivity contribution in [3.05, 3.63) is 77.3 Å². The van der Waals surface area contributed by atoms with Gasteiger partial charge in [-0.3, -0.25) is 0 Å². The molecule has 0 aliphatic carbocycles. The van der Waals surface area contributed by atoms with Gasteiger partial charge in [0, 0.05) is 11.6 Å². The first-order chi connectivity index (χ1) is 12.3. The molecule has 0 radical (unpaired) electrons. The fourth-order valence-corrected chi connectivity index (χ4v) is 2.79. The van der Waals surface area contributed by atoms with E-state index in [0.29, 0.717) is 12.3 Å². The van der Waals surface area contributed by atoms with Crippen LogP contribution in [0.2, 0.25) is 0 Å². The summed E-state index contributed by atoms with van der Waals surface area (Å²) in [5.41, 5.74) is -2.56. The van der Waals surface area contributed by atoms with Crippen LogP contribution in [0.15, 0.2) is 43.4 Å². The van der Waals surface area contributed by atoms with Crippen molar-refractivity contribution >= 4 is 0 Å². The summed E-state index contributed by atoms with van der Waals surface area (Å²) in [6.45, 7) is 1.12. The van der Waals surface area contributed by atoms with E-state index in [2.05, 4.69) is 15.1 Å². The molecule has 10 heteroatoms. The Hall–Kier alpha value is -3.01. The lowest BCUT2D eigenvalue weighted by Gasteiger charge is -2.33. The maximum Gasteiger partial charge on any atom is 0.289 e. The van der Waals surface area contributed by atoms with Crippen LogP contribution in [0.5, 0.6) is 0 Å². The van der Waals surface area contributed by atoms with E-state index in [4.69, 9.17) is 0 Å². The molecule has 26 heavy (non-hydrogen) atoms. The van der Waals surface area contributed by atoms with E-state index in [1.165, 1.54) is 24.3 Å². The molecule has 0 aliphatic heterocycles. The molecule has 0 spiro atoms. The van der Waals surface area contributed by atoms with Crippen LogP contribution in [-0.2, 0) is 12.1 Å². The highest BCUT2D eigenvalue weighted by Gasteiger charge is 2.43. The summed E-state index contributed by atoms with van der Waals surface area (Å²) in [6, 6.07) is 2.68. The van der Waals surface area contributed by atoms with Gasteiger partial charge in [-0.1, -0.05) is 13.0 Å².